The van der Waals surface area contributed by atoms with Crippen LogP contribution in [0.25, 0.3) is 0 Å². The maximum atomic E-state index is 12.2. The molecule has 340 valence electrons. The first kappa shape index (κ1) is 55.9. The van der Waals surface area contributed by atoms with Crippen molar-refractivity contribution in [2.75, 3.05) is 13.2 Å². The number of carbonyl (C=O) groups excluding carboxylic acids is 2. The van der Waals surface area contributed by atoms with Crippen LogP contribution < -0.4 is 0 Å². The molecule has 0 spiro atoms. The second-order valence-corrected chi connectivity index (χ2v) is 18.0. The summed E-state index contributed by atoms with van der Waals surface area (Å²) in [6.07, 6.45) is 58.5. The average Bonchev–Trinajstić information content (AvgIpc) is 3.21. The van der Waals surface area contributed by atoms with Crippen molar-refractivity contribution in [2.24, 2.45) is 0 Å². The summed E-state index contributed by atoms with van der Waals surface area (Å²) in [4.78, 5) is 24.1. The molecule has 0 radical (unpaired) electrons. The van der Waals surface area contributed by atoms with E-state index in [1.165, 1.54) is 238 Å². The van der Waals surface area contributed by atoms with Crippen LogP contribution in [0, 0.1) is 0 Å². The predicted octanol–water partition coefficient (Wildman–Crippen LogP) is 17.0. The summed E-state index contributed by atoms with van der Waals surface area (Å²) in [5.74, 6) is -0.584. The summed E-state index contributed by atoms with van der Waals surface area (Å²) in [5.41, 5.74) is 0. The summed E-state index contributed by atoms with van der Waals surface area (Å²) in [5, 5.41) is 9.52. The van der Waals surface area contributed by atoms with Crippen LogP contribution in [0.4, 0.5) is 0 Å². The largest absolute Gasteiger partial charge is 0.462 e. The van der Waals surface area contributed by atoms with E-state index in [1.54, 1.807) is 0 Å². The molecule has 0 aliphatic carbocycles. The Morgan fingerprint density at radius 3 is 0.772 bits per heavy atom. The van der Waals surface area contributed by atoms with Gasteiger partial charge in [0.1, 0.15) is 6.61 Å². The van der Waals surface area contributed by atoms with Crippen LogP contribution in [-0.2, 0) is 19.1 Å². The molecule has 0 saturated heterocycles. The summed E-state index contributed by atoms with van der Waals surface area (Å²) < 4.78 is 10.6. The highest BCUT2D eigenvalue weighted by molar-refractivity contribution is 5.70. The molecule has 1 N–H and O–H groups in total. The highest BCUT2D eigenvalue weighted by Gasteiger charge is 2.16. The third kappa shape index (κ3) is 47.5. The van der Waals surface area contributed by atoms with Gasteiger partial charge in [0.05, 0.1) is 6.61 Å². The van der Waals surface area contributed by atoms with Gasteiger partial charge in [-0.15, -0.1) is 0 Å². The van der Waals surface area contributed by atoms with Crippen molar-refractivity contribution in [3.05, 3.63) is 0 Å². The lowest BCUT2D eigenvalue weighted by atomic mass is 10.0. The molecule has 0 bridgehead atoms. The molecule has 57 heavy (non-hydrogen) atoms. The Bertz CT molecular complexity index is 784. The van der Waals surface area contributed by atoms with Crippen LogP contribution in [0.5, 0.6) is 0 Å². The van der Waals surface area contributed by atoms with E-state index in [0.717, 1.165) is 38.5 Å². The minimum absolute atomic E-state index is 0.0589. The number of esters is 2. The Morgan fingerprint density at radius 1 is 0.333 bits per heavy atom. The van der Waals surface area contributed by atoms with Gasteiger partial charge in [0, 0.05) is 12.8 Å². The van der Waals surface area contributed by atoms with Crippen molar-refractivity contribution in [1.29, 1.82) is 0 Å². The standard InChI is InChI=1S/C52H102O5/c1-3-5-7-9-11-12-13-14-15-16-17-18-19-20-21-22-23-24-25-26-27-28-29-30-31-32-33-34-35-36-37-38-39-40-41-43-45-47-52(55)57-50(48-53)49-56-51(54)46-44-42-10-8-6-4-2/h50,53H,3-49H2,1-2H3. The highest BCUT2D eigenvalue weighted by Crippen LogP contribution is 2.18. The quantitative estimate of drug-likeness (QED) is 0.0490. The smallest absolute Gasteiger partial charge is 0.306 e. The van der Waals surface area contributed by atoms with Crippen molar-refractivity contribution >= 4 is 11.9 Å². The van der Waals surface area contributed by atoms with Crippen molar-refractivity contribution in [3.8, 4) is 0 Å². The van der Waals surface area contributed by atoms with Gasteiger partial charge < -0.3 is 14.6 Å². The maximum absolute atomic E-state index is 12.2. The third-order valence-corrected chi connectivity index (χ3v) is 12.2. The van der Waals surface area contributed by atoms with Crippen molar-refractivity contribution in [1.82, 2.24) is 0 Å². The molecule has 0 aliphatic rings. The molecule has 0 aliphatic heterocycles. The monoisotopic (exact) mass is 807 g/mol. The van der Waals surface area contributed by atoms with Gasteiger partial charge in [-0.3, -0.25) is 9.59 Å². The molecule has 0 saturated carbocycles. The lowest BCUT2D eigenvalue weighted by Gasteiger charge is -2.15. The molecule has 0 rings (SSSR count). The Morgan fingerprint density at radius 2 is 0.544 bits per heavy atom. The van der Waals surface area contributed by atoms with Crippen molar-refractivity contribution in [3.63, 3.8) is 0 Å². The van der Waals surface area contributed by atoms with Gasteiger partial charge in [0.25, 0.3) is 0 Å². The number of hydrogen-bond donors (Lipinski definition) is 1. The number of rotatable bonds is 49. The minimum Gasteiger partial charge on any atom is -0.462 e. The van der Waals surface area contributed by atoms with Crippen LogP contribution in [0.1, 0.15) is 303 Å². The van der Waals surface area contributed by atoms with Crippen LogP contribution in [0.2, 0.25) is 0 Å². The molecule has 0 aromatic carbocycles. The summed E-state index contributed by atoms with van der Waals surface area (Å²) in [7, 11) is 0. The van der Waals surface area contributed by atoms with E-state index < -0.39 is 6.10 Å². The van der Waals surface area contributed by atoms with Gasteiger partial charge in [-0.1, -0.05) is 277 Å². The average molecular weight is 807 g/mol. The van der Waals surface area contributed by atoms with E-state index in [0.29, 0.717) is 12.8 Å². The molecule has 5 nitrogen and oxygen atoms in total. The zero-order valence-corrected chi connectivity index (χ0v) is 38.9. The number of hydrogen-bond acceptors (Lipinski definition) is 5. The molecule has 0 fully saturated rings. The second kappa shape index (κ2) is 49.3. The van der Waals surface area contributed by atoms with Crippen molar-refractivity contribution < 1.29 is 24.2 Å². The van der Waals surface area contributed by atoms with Gasteiger partial charge in [0.2, 0.25) is 0 Å². The first-order chi connectivity index (χ1) is 28.1. The highest BCUT2D eigenvalue weighted by atomic mass is 16.6. The molecule has 1 unspecified atom stereocenters. The van der Waals surface area contributed by atoms with E-state index in [9.17, 15) is 14.7 Å². The number of unbranched alkanes of at least 4 members (excludes halogenated alkanes) is 41. The molecule has 0 heterocycles. The summed E-state index contributed by atoms with van der Waals surface area (Å²) in [6.45, 7) is 4.11. The zero-order chi connectivity index (χ0) is 41.4. The maximum Gasteiger partial charge on any atom is 0.306 e. The van der Waals surface area contributed by atoms with E-state index >= 15 is 0 Å². The number of aliphatic hydroxyl groups is 1. The molecular weight excluding hydrogens is 705 g/mol. The SMILES string of the molecule is CCCCCCCCCCCCCCCCCCCCCCCCCCCCCCCCCCCCCCCC(=O)OC(CO)COC(=O)CCCCCCCC. The van der Waals surface area contributed by atoms with E-state index in [1.807, 2.05) is 0 Å². The molecule has 5 heteroatoms. The molecule has 1 atom stereocenters. The van der Waals surface area contributed by atoms with Gasteiger partial charge in [0.15, 0.2) is 6.10 Å². The molecule has 0 amide bonds. The second-order valence-electron chi connectivity index (χ2n) is 18.0. The van der Waals surface area contributed by atoms with Gasteiger partial charge in [-0.05, 0) is 12.8 Å². The first-order valence-electron chi connectivity index (χ1n) is 26.1. The molecule has 0 aromatic heterocycles. The Hall–Kier alpha value is -1.10. The normalized spacial score (nSPS) is 12.0. The van der Waals surface area contributed by atoms with E-state index in [4.69, 9.17) is 9.47 Å². The van der Waals surface area contributed by atoms with Crippen LogP contribution in [-0.4, -0.2) is 36.4 Å². The van der Waals surface area contributed by atoms with Crippen LogP contribution in [0.15, 0.2) is 0 Å². The lowest BCUT2D eigenvalue weighted by Crippen LogP contribution is -2.28. The minimum atomic E-state index is -0.760. The lowest BCUT2D eigenvalue weighted by molar-refractivity contribution is -0.161. The van der Waals surface area contributed by atoms with Crippen LogP contribution >= 0.6 is 0 Å². The number of ether oxygens (including phenoxy) is 2. The Balaban J connectivity index is 3.27. The fourth-order valence-electron chi connectivity index (χ4n) is 8.21. The zero-order valence-electron chi connectivity index (χ0n) is 38.9. The predicted molar refractivity (Wildman–Crippen MR) is 247 cm³/mol. The van der Waals surface area contributed by atoms with Gasteiger partial charge >= 0.3 is 11.9 Å². The fourth-order valence-corrected chi connectivity index (χ4v) is 8.21. The number of aliphatic hydroxyl groups excluding tert-OH is 1. The van der Waals surface area contributed by atoms with E-state index in [2.05, 4.69) is 13.8 Å². The Labute approximate surface area is 357 Å². The van der Waals surface area contributed by atoms with Gasteiger partial charge in [-0.2, -0.15) is 0 Å². The van der Waals surface area contributed by atoms with Gasteiger partial charge in [-0.25, -0.2) is 0 Å². The molecular formula is C52H102O5. The molecule has 0 aromatic rings. The fraction of sp³-hybridized carbons (Fsp3) is 0.962. The van der Waals surface area contributed by atoms with E-state index in [-0.39, 0.29) is 25.2 Å². The third-order valence-electron chi connectivity index (χ3n) is 12.2. The van der Waals surface area contributed by atoms with Crippen molar-refractivity contribution in [2.45, 2.75) is 309 Å². The number of carbonyl (C=O) groups is 2. The summed E-state index contributed by atoms with van der Waals surface area (Å²) in [6, 6.07) is 0. The first-order valence-corrected chi connectivity index (χ1v) is 26.1. The Kier molecular flexibility index (Phi) is 48.3. The topological polar surface area (TPSA) is 72.8 Å². The van der Waals surface area contributed by atoms with Crippen LogP contribution in [0.3, 0.4) is 0 Å². The summed E-state index contributed by atoms with van der Waals surface area (Å²) >= 11 is 0.